The third kappa shape index (κ3) is 6.17. The second-order valence-electron chi connectivity index (χ2n) is 7.84. The second kappa shape index (κ2) is 10.4. The van der Waals surface area contributed by atoms with Gasteiger partial charge in [-0.2, -0.15) is 0 Å². The van der Waals surface area contributed by atoms with Gasteiger partial charge >= 0.3 is 0 Å². The van der Waals surface area contributed by atoms with Crippen molar-refractivity contribution >= 4 is 5.91 Å². The Morgan fingerprint density at radius 3 is 2.50 bits per heavy atom. The van der Waals surface area contributed by atoms with Gasteiger partial charge < -0.3 is 9.88 Å². The van der Waals surface area contributed by atoms with Crippen LogP contribution in [0.3, 0.4) is 0 Å². The molecule has 6 heteroatoms. The average molecular weight is 384 g/mol. The van der Waals surface area contributed by atoms with Crippen LogP contribution in [0.25, 0.3) is 0 Å². The first-order chi connectivity index (χ1) is 13.6. The van der Waals surface area contributed by atoms with E-state index >= 15 is 0 Å². The van der Waals surface area contributed by atoms with E-state index in [4.69, 9.17) is 0 Å². The molecule has 1 aliphatic heterocycles. The summed E-state index contributed by atoms with van der Waals surface area (Å²) in [6, 6.07) is 10.3. The molecule has 1 aromatic carbocycles. The van der Waals surface area contributed by atoms with E-state index in [1.807, 2.05) is 24.4 Å². The maximum atomic E-state index is 12.2. The van der Waals surface area contributed by atoms with Gasteiger partial charge in [-0.3, -0.25) is 14.6 Å². The predicted molar refractivity (Wildman–Crippen MR) is 112 cm³/mol. The van der Waals surface area contributed by atoms with Gasteiger partial charge in [-0.25, -0.2) is 4.98 Å². The van der Waals surface area contributed by atoms with Crippen molar-refractivity contribution in [2.75, 3.05) is 45.8 Å². The quantitative estimate of drug-likeness (QED) is 0.719. The van der Waals surface area contributed by atoms with E-state index in [0.717, 1.165) is 51.5 Å². The monoisotopic (exact) mass is 383 g/mol. The molecule has 152 valence electrons. The molecule has 0 atom stereocenters. The van der Waals surface area contributed by atoms with Crippen molar-refractivity contribution in [2.45, 2.75) is 32.7 Å². The lowest BCUT2D eigenvalue weighted by Crippen LogP contribution is -2.50. The summed E-state index contributed by atoms with van der Waals surface area (Å²) < 4.78 is 2.26. The summed E-state index contributed by atoms with van der Waals surface area (Å²) in [6.45, 7) is 11.5. The van der Waals surface area contributed by atoms with Crippen molar-refractivity contribution in [3.8, 4) is 0 Å². The summed E-state index contributed by atoms with van der Waals surface area (Å²) in [6.07, 6.45) is 4.85. The maximum absolute atomic E-state index is 12.2. The molecular weight excluding hydrogens is 350 g/mol. The number of nitrogens with one attached hydrogen (secondary N) is 1. The normalized spacial score (nSPS) is 15.8. The minimum atomic E-state index is 0.129. The maximum Gasteiger partial charge on any atom is 0.234 e. The van der Waals surface area contributed by atoms with Gasteiger partial charge in [0.1, 0.15) is 5.82 Å². The third-order valence-corrected chi connectivity index (χ3v) is 5.33. The van der Waals surface area contributed by atoms with E-state index in [0.29, 0.717) is 19.0 Å². The first-order valence-electron chi connectivity index (χ1n) is 10.4. The highest BCUT2D eigenvalue weighted by Gasteiger charge is 2.19. The molecule has 1 aromatic heterocycles. The zero-order chi connectivity index (χ0) is 19.8. The summed E-state index contributed by atoms with van der Waals surface area (Å²) in [4.78, 5) is 21.4. The Labute approximate surface area is 168 Å². The van der Waals surface area contributed by atoms with Crippen molar-refractivity contribution in [2.24, 2.45) is 0 Å². The lowest BCUT2D eigenvalue weighted by atomic mass is 10.1. The minimum absolute atomic E-state index is 0.129. The number of benzene rings is 1. The molecule has 0 bridgehead atoms. The zero-order valence-corrected chi connectivity index (χ0v) is 17.2. The Morgan fingerprint density at radius 2 is 1.79 bits per heavy atom. The summed E-state index contributed by atoms with van der Waals surface area (Å²) >= 11 is 0. The molecule has 0 aliphatic carbocycles. The van der Waals surface area contributed by atoms with Gasteiger partial charge in [-0.1, -0.05) is 44.2 Å². The molecule has 1 fully saturated rings. The topological polar surface area (TPSA) is 53.4 Å². The SMILES string of the molecule is CC(C)c1nccn1CCN1CCN(CC(=O)NCCc2ccccc2)CC1. The van der Waals surface area contributed by atoms with Crippen molar-refractivity contribution in [3.05, 3.63) is 54.1 Å². The van der Waals surface area contributed by atoms with Gasteiger partial charge in [0, 0.05) is 64.1 Å². The molecule has 0 saturated carbocycles. The van der Waals surface area contributed by atoms with E-state index in [9.17, 15) is 4.79 Å². The molecule has 1 N–H and O–H groups in total. The van der Waals surface area contributed by atoms with Crippen LogP contribution in [0, 0.1) is 0 Å². The Kier molecular flexibility index (Phi) is 7.62. The number of carbonyl (C=O) groups is 1. The van der Waals surface area contributed by atoms with Crippen LogP contribution in [-0.4, -0.2) is 71.1 Å². The number of aromatic nitrogens is 2. The standard InChI is InChI=1S/C22H33N5O/c1-19(2)22-24-10-11-27(22)17-16-25-12-14-26(15-13-25)18-21(28)23-9-8-20-6-4-3-5-7-20/h3-7,10-11,19H,8-9,12-18H2,1-2H3,(H,23,28). The molecular formula is C22H33N5O. The van der Waals surface area contributed by atoms with Crippen LogP contribution >= 0.6 is 0 Å². The van der Waals surface area contributed by atoms with Crippen LogP contribution in [0.15, 0.2) is 42.7 Å². The molecule has 1 saturated heterocycles. The molecule has 6 nitrogen and oxygen atoms in total. The van der Waals surface area contributed by atoms with Crippen molar-refractivity contribution in [1.82, 2.24) is 24.7 Å². The van der Waals surface area contributed by atoms with Crippen LogP contribution < -0.4 is 5.32 Å². The molecule has 0 radical (unpaired) electrons. The largest absolute Gasteiger partial charge is 0.355 e. The summed E-state index contributed by atoms with van der Waals surface area (Å²) in [5.41, 5.74) is 1.26. The average Bonchev–Trinajstić information content (AvgIpc) is 3.17. The van der Waals surface area contributed by atoms with Gasteiger partial charge in [0.05, 0.1) is 6.54 Å². The van der Waals surface area contributed by atoms with Crippen molar-refractivity contribution in [1.29, 1.82) is 0 Å². The van der Waals surface area contributed by atoms with Crippen LogP contribution in [0.4, 0.5) is 0 Å². The number of imidazole rings is 1. The van der Waals surface area contributed by atoms with Gasteiger partial charge in [0.15, 0.2) is 0 Å². The number of hydrogen-bond donors (Lipinski definition) is 1. The molecule has 1 amide bonds. The molecule has 2 heterocycles. The third-order valence-electron chi connectivity index (χ3n) is 5.33. The number of hydrogen-bond acceptors (Lipinski definition) is 4. The number of carbonyl (C=O) groups excluding carboxylic acids is 1. The molecule has 0 spiro atoms. The number of amides is 1. The molecule has 3 rings (SSSR count). The minimum Gasteiger partial charge on any atom is -0.355 e. The number of nitrogens with zero attached hydrogens (tertiary/aromatic N) is 4. The Hall–Kier alpha value is -2.18. The van der Waals surface area contributed by atoms with Crippen LogP contribution in [-0.2, 0) is 17.8 Å². The first kappa shape index (κ1) is 20.6. The van der Waals surface area contributed by atoms with Crippen LogP contribution in [0.2, 0.25) is 0 Å². The summed E-state index contributed by atoms with van der Waals surface area (Å²) in [5.74, 6) is 1.74. The molecule has 28 heavy (non-hydrogen) atoms. The lowest BCUT2D eigenvalue weighted by Gasteiger charge is -2.34. The second-order valence-corrected chi connectivity index (χ2v) is 7.84. The fraction of sp³-hybridized carbons (Fsp3) is 0.545. The number of piperazine rings is 1. The van der Waals surface area contributed by atoms with Gasteiger partial charge in [-0.05, 0) is 12.0 Å². The molecule has 1 aliphatic rings. The fourth-order valence-electron chi connectivity index (χ4n) is 3.68. The van der Waals surface area contributed by atoms with Gasteiger partial charge in [0.2, 0.25) is 5.91 Å². The first-order valence-corrected chi connectivity index (χ1v) is 10.4. The van der Waals surface area contributed by atoms with Crippen molar-refractivity contribution in [3.63, 3.8) is 0 Å². The fourth-order valence-corrected chi connectivity index (χ4v) is 3.68. The number of rotatable bonds is 9. The zero-order valence-electron chi connectivity index (χ0n) is 17.2. The van der Waals surface area contributed by atoms with E-state index in [1.165, 1.54) is 5.56 Å². The van der Waals surface area contributed by atoms with Crippen molar-refractivity contribution < 1.29 is 4.79 Å². The molecule has 2 aromatic rings. The summed E-state index contributed by atoms with van der Waals surface area (Å²) in [5, 5.41) is 3.05. The Balaban J connectivity index is 1.31. The Bertz CT molecular complexity index is 720. The van der Waals surface area contributed by atoms with Gasteiger partial charge in [0.25, 0.3) is 0 Å². The highest BCUT2D eigenvalue weighted by atomic mass is 16.2. The summed E-state index contributed by atoms with van der Waals surface area (Å²) in [7, 11) is 0. The highest BCUT2D eigenvalue weighted by molar-refractivity contribution is 5.78. The Morgan fingerprint density at radius 1 is 1.07 bits per heavy atom. The van der Waals surface area contributed by atoms with E-state index < -0.39 is 0 Å². The van der Waals surface area contributed by atoms with E-state index in [2.05, 4.69) is 56.8 Å². The predicted octanol–water partition coefficient (Wildman–Crippen LogP) is 1.98. The van der Waals surface area contributed by atoms with Crippen LogP contribution in [0.1, 0.15) is 31.2 Å². The smallest absolute Gasteiger partial charge is 0.234 e. The van der Waals surface area contributed by atoms with E-state index in [-0.39, 0.29) is 5.91 Å². The van der Waals surface area contributed by atoms with Crippen LogP contribution in [0.5, 0.6) is 0 Å². The highest BCUT2D eigenvalue weighted by Crippen LogP contribution is 2.12. The molecule has 0 unspecified atom stereocenters. The lowest BCUT2D eigenvalue weighted by molar-refractivity contribution is -0.122. The van der Waals surface area contributed by atoms with Gasteiger partial charge in [-0.15, -0.1) is 0 Å². The van der Waals surface area contributed by atoms with E-state index in [1.54, 1.807) is 0 Å².